The van der Waals surface area contributed by atoms with Crippen molar-refractivity contribution in [3.63, 3.8) is 0 Å². The van der Waals surface area contributed by atoms with Crippen LogP contribution in [-0.2, 0) is 0 Å². The number of benzene rings is 1. The van der Waals surface area contributed by atoms with Gasteiger partial charge in [-0.05, 0) is 49.9 Å². The molecule has 3 heterocycles. The van der Waals surface area contributed by atoms with Crippen molar-refractivity contribution >= 4 is 26.7 Å². The molecule has 0 saturated heterocycles. The summed E-state index contributed by atoms with van der Waals surface area (Å²) in [4.78, 5) is 17.7. The number of hydrogen-bond donors (Lipinski definition) is 1. The number of rotatable bonds is 6. The number of anilines is 1. The molecule has 5 rings (SSSR count). The second-order valence-electron chi connectivity index (χ2n) is 8.04. The SMILES string of the molecule is CC(Nc1nc2ccc(Oc3ccnc(-c4cccnc4)n3)cc2s1)C1CCCCC1. The van der Waals surface area contributed by atoms with E-state index in [4.69, 9.17) is 9.72 Å². The summed E-state index contributed by atoms with van der Waals surface area (Å²) >= 11 is 1.67. The molecule has 1 unspecified atom stereocenters. The monoisotopic (exact) mass is 431 g/mol. The lowest BCUT2D eigenvalue weighted by atomic mass is 9.85. The van der Waals surface area contributed by atoms with Crippen molar-refractivity contribution in [1.82, 2.24) is 19.9 Å². The van der Waals surface area contributed by atoms with Gasteiger partial charge in [-0.3, -0.25) is 4.98 Å². The first-order valence-electron chi connectivity index (χ1n) is 10.8. The van der Waals surface area contributed by atoms with E-state index in [1.165, 1.54) is 32.1 Å². The van der Waals surface area contributed by atoms with Crippen LogP contribution in [0.25, 0.3) is 21.6 Å². The van der Waals surface area contributed by atoms with Crippen molar-refractivity contribution in [2.24, 2.45) is 5.92 Å². The third kappa shape index (κ3) is 4.66. The number of nitrogens with one attached hydrogen (secondary N) is 1. The zero-order valence-electron chi connectivity index (χ0n) is 17.5. The van der Waals surface area contributed by atoms with Crippen LogP contribution in [0.2, 0.25) is 0 Å². The Morgan fingerprint density at radius 1 is 1.06 bits per heavy atom. The maximum Gasteiger partial charge on any atom is 0.222 e. The minimum atomic E-state index is 0.448. The number of ether oxygens (including phenoxy) is 1. The number of fused-ring (bicyclic) bond motifs is 1. The molecule has 0 aliphatic heterocycles. The van der Waals surface area contributed by atoms with E-state index in [0.717, 1.165) is 32.6 Å². The first-order valence-corrected chi connectivity index (χ1v) is 11.6. The molecule has 1 atom stereocenters. The summed E-state index contributed by atoms with van der Waals surface area (Å²) in [5.74, 6) is 2.57. The lowest BCUT2D eigenvalue weighted by Crippen LogP contribution is -2.27. The summed E-state index contributed by atoms with van der Waals surface area (Å²) in [6, 6.07) is 12.0. The third-order valence-corrected chi connectivity index (χ3v) is 6.79. The Balaban J connectivity index is 1.31. The lowest BCUT2D eigenvalue weighted by molar-refractivity contribution is 0.328. The van der Waals surface area contributed by atoms with Crippen molar-refractivity contribution in [3.8, 4) is 23.0 Å². The molecule has 1 fully saturated rings. The fraction of sp³-hybridized carbons (Fsp3) is 0.333. The maximum atomic E-state index is 6.02. The molecule has 1 N–H and O–H groups in total. The van der Waals surface area contributed by atoms with Crippen LogP contribution in [0.1, 0.15) is 39.0 Å². The molecule has 0 radical (unpaired) electrons. The highest BCUT2D eigenvalue weighted by Crippen LogP contribution is 2.33. The van der Waals surface area contributed by atoms with E-state index in [1.807, 2.05) is 30.3 Å². The van der Waals surface area contributed by atoms with Gasteiger partial charge in [0.15, 0.2) is 11.0 Å². The largest absolute Gasteiger partial charge is 0.439 e. The zero-order valence-corrected chi connectivity index (χ0v) is 18.3. The van der Waals surface area contributed by atoms with Gasteiger partial charge in [0.1, 0.15) is 5.75 Å². The Morgan fingerprint density at radius 3 is 2.81 bits per heavy atom. The normalized spacial score (nSPS) is 15.6. The molecule has 1 aliphatic rings. The van der Waals surface area contributed by atoms with Gasteiger partial charge >= 0.3 is 0 Å². The second kappa shape index (κ2) is 8.98. The molecule has 31 heavy (non-hydrogen) atoms. The highest BCUT2D eigenvalue weighted by molar-refractivity contribution is 7.22. The van der Waals surface area contributed by atoms with Gasteiger partial charge in [-0.25, -0.2) is 9.97 Å². The molecular weight excluding hydrogens is 406 g/mol. The van der Waals surface area contributed by atoms with Gasteiger partial charge < -0.3 is 10.1 Å². The number of nitrogens with zero attached hydrogens (tertiary/aromatic N) is 4. The summed E-state index contributed by atoms with van der Waals surface area (Å²) < 4.78 is 7.12. The van der Waals surface area contributed by atoms with Crippen molar-refractivity contribution in [3.05, 3.63) is 55.0 Å². The summed E-state index contributed by atoms with van der Waals surface area (Å²) in [5.41, 5.74) is 1.84. The summed E-state index contributed by atoms with van der Waals surface area (Å²) in [7, 11) is 0. The molecule has 6 nitrogen and oxygen atoms in total. The molecule has 0 bridgehead atoms. The van der Waals surface area contributed by atoms with E-state index in [1.54, 1.807) is 36.0 Å². The van der Waals surface area contributed by atoms with Crippen molar-refractivity contribution in [1.29, 1.82) is 0 Å². The summed E-state index contributed by atoms with van der Waals surface area (Å²) in [6.07, 6.45) is 11.9. The molecule has 3 aromatic heterocycles. The van der Waals surface area contributed by atoms with Crippen molar-refractivity contribution in [2.75, 3.05) is 5.32 Å². The maximum absolute atomic E-state index is 6.02. The van der Waals surface area contributed by atoms with Crippen molar-refractivity contribution < 1.29 is 4.74 Å². The molecule has 0 amide bonds. The smallest absolute Gasteiger partial charge is 0.222 e. The Bertz CT molecular complexity index is 1160. The van der Waals surface area contributed by atoms with Crippen molar-refractivity contribution in [2.45, 2.75) is 45.1 Å². The first kappa shape index (κ1) is 19.9. The molecule has 1 saturated carbocycles. The minimum absolute atomic E-state index is 0.448. The Hall–Kier alpha value is -3.06. The van der Waals surface area contributed by atoms with Gasteiger partial charge in [0.2, 0.25) is 5.88 Å². The Labute approximate surface area is 185 Å². The van der Waals surface area contributed by atoms with Crippen LogP contribution in [0.4, 0.5) is 5.13 Å². The zero-order chi connectivity index (χ0) is 21.0. The van der Waals surface area contributed by atoms with Crippen LogP contribution < -0.4 is 10.1 Å². The number of thiazole rings is 1. The number of aromatic nitrogens is 4. The van der Waals surface area contributed by atoms with E-state index in [9.17, 15) is 0 Å². The summed E-state index contributed by atoms with van der Waals surface area (Å²) in [5, 5.41) is 4.61. The molecule has 158 valence electrons. The topological polar surface area (TPSA) is 72.8 Å². The third-order valence-electron chi connectivity index (χ3n) is 5.84. The minimum Gasteiger partial charge on any atom is -0.439 e. The highest BCUT2D eigenvalue weighted by Gasteiger charge is 2.21. The van der Waals surface area contributed by atoms with E-state index in [0.29, 0.717) is 17.7 Å². The van der Waals surface area contributed by atoms with E-state index < -0.39 is 0 Å². The van der Waals surface area contributed by atoms with Gasteiger partial charge in [0.05, 0.1) is 10.2 Å². The molecule has 1 aliphatic carbocycles. The highest BCUT2D eigenvalue weighted by atomic mass is 32.1. The molecule has 4 aromatic rings. The van der Waals surface area contributed by atoms with Gasteiger partial charge in [-0.15, -0.1) is 0 Å². The quantitative estimate of drug-likeness (QED) is 0.385. The average Bonchev–Trinajstić information content (AvgIpc) is 3.22. The van der Waals surface area contributed by atoms with Crippen LogP contribution in [0.3, 0.4) is 0 Å². The molecule has 0 spiro atoms. The standard InChI is InChI=1S/C24H25N5OS/c1-16(17-6-3-2-4-7-17)27-24-28-20-10-9-19(14-21(20)31-24)30-22-11-13-26-23(29-22)18-8-5-12-25-15-18/h5,8-17H,2-4,6-7H2,1H3,(H,27,28). The van der Waals surface area contributed by atoms with Crippen LogP contribution >= 0.6 is 11.3 Å². The molecule has 7 heteroatoms. The number of pyridine rings is 1. The number of hydrogen-bond acceptors (Lipinski definition) is 7. The van der Waals surface area contributed by atoms with Crippen LogP contribution in [-0.4, -0.2) is 26.0 Å². The summed E-state index contributed by atoms with van der Waals surface area (Å²) in [6.45, 7) is 2.28. The second-order valence-corrected chi connectivity index (χ2v) is 9.07. The average molecular weight is 432 g/mol. The van der Waals surface area contributed by atoms with E-state index in [2.05, 4.69) is 27.2 Å². The van der Waals surface area contributed by atoms with Gasteiger partial charge in [-0.1, -0.05) is 30.6 Å². The molecule has 1 aromatic carbocycles. The van der Waals surface area contributed by atoms with E-state index in [-0.39, 0.29) is 0 Å². The van der Waals surface area contributed by atoms with Gasteiger partial charge in [0, 0.05) is 42.3 Å². The lowest BCUT2D eigenvalue weighted by Gasteiger charge is -2.28. The van der Waals surface area contributed by atoms with Gasteiger partial charge in [-0.2, -0.15) is 4.98 Å². The van der Waals surface area contributed by atoms with Crippen LogP contribution in [0.5, 0.6) is 11.6 Å². The Morgan fingerprint density at radius 2 is 1.97 bits per heavy atom. The fourth-order valence-corrected chi connectivity index (χ4v) is 5.12. The first-order chi connectivity index (χ1) is 15.2. The van der Waals surface area contributed by atoms with E-state index >= 15 is 0 Å². The molecular formula is C24H25N5OS. The van der Waals surface area contributed by atoms with Gasteiger partial charge in [0.25, 0.3) is 0 Å². The Kier molecular flexibility index (Phi) is 5.76. The van der Waals surface area contributed by atoms with Crippen LogP contribution in [0.15, 0.2) is 55.0 Å². The predicted molar refractivity (Wildman–Crippen MR) is 125 cm³/mol. The predicted octanol–water partition coefficient (Wildman–Crippen LogP) is 6.32. The van der Waals surface area contributed by atoms with Crippen LogP contribution in [0, 0.1) is 5.92 Å². The fourth-order valence-electron chi connectivity index (χ4n) is 4.13.